The van der Waals surface area contributed by atoms with Crippen molar-refractivity contribution in [3.05, 3.63) is 41.1 Å². The van der Waals surface area contributed by atoms with Gasteiger partial charge in [0.2, 0.25) is 0 Å². The van der Waals surface area contributed by atoms with E-state index in [1.54, 1.807) is 0 Å². The van der Waals surface area contributed by atoms with Crippen LogP contribution in [0.1, 0.15) is 11.1 Å². The average Bonchev–Trinajstić information content (AvgIpc) is 2.03. The van der Waals surface area contributed by atoms with E-state index >= 15 is 0 Å². The van der Waals surface area contributed by atoms with Crippen molar-refractivity contribution in [3.63, 3.8) is 0 Å². The van der Waals surface area contributed by atoms with E-state index in [2.05, 4.69) is 37.4 Å². The SMILES string of the molecule is Cc1ccccc1C=C[Si](C)Cl. The average molecular weight is 196 g/mol. The van der Waals surface area contributed by atoms with Gasteiger partial charge >= 0.3 is 0 Å². The van der Waals surface area contributed by atoms with Gasteiger partial charge in [0, 0.05) is 0 Å². The summed E-state index contributed by atoms with van der Waals surface area (Å²) in [6.07, 6.45) is 2.11. The zero-order valence-electron chi connectivity index (χ0n) is 7.34. The van der Waals surface area contributed by atoms with Gasteiger partial charge in [-0.15, -0.1) is 0 Å². The largest absolute Gasteiger partial charge is 0.188 e. The maximum atomic E-state index is 5.90. The summed E-state index contributed by atoms with van der Waals surface area (Å²) >= 11 is 5.90. The quantitative estimate of drug-likeness (QED) is 0.501. The predicted octanol–water partition coefficient (Wildman–Crippen LogP) is 3.41. The Morgan fingerprint density at radius 1 is 1.33 bits per heavy atom. The van der Waals surface area contributed by atoms with Crippen molar-refractivity contribution in [1.82, 2.24) is 0 Å². The molecule has 0 atom stereocenters. The summed E-state index contributed by atoms with van der Waals surface area (Å²) in [5.41, 5.74) is 4.66. The normalized spacial score (nSPS) is 11.3. The van der Waals surface area contributed by atoms with Gasteiger partial charge in [-0.05, 0) is 18.1 Å². The highest BCUT2D eigenvalue weighted by Crippen LogP contribution is 2.09. The van der Waals surface area contributed by atoms with E-state index in [-0.39, 0.29) is 0 Å². The van der Waals surface area contributed by atoms with Crippen molar-refractivity contribution < 1.29 is 0 Å². The predicted molar refractivity (Wildman–Crippen MR) is 57.7 cm³/mol. The van der Waals surface area contributed by atoms with E-state index in [9.17, 15) is 0 Å². The molecule has 0 spiro atoms. The van der Waals surface area contributed by atoms with Gasteiger partial charge in [-0.3, -0.25) is 0 Å². The third-order valence-corrected chi connectivity index (χ3v) is 2.68. The molecule has 2 heteroatoms. The van der Waals surface area contributed by atoms with E-state index in [0.717, 1.165) is 0 Å². The Hall–Kier alpha value is -0.533. The van der Waals surface area contributed by atoms with Crippen molar-refractivity contribution >= 4 is 25.3 Å². The van der Waals surface area contributed by atoms with Gasteiger partial charge in [0.25, 0.3) is 0 Å². The molecule has 0 saturated heterocycles. The molecule has 0 fully saturated rings. The van der Waals surface area contributed by atoms with Gasteiger partial charge < -0.3 is 0 Å². The van der Waals surface area contributed by atoms with Gasteiger partial charge in [-0.25, -0.2) is 0 Å². The van der Waals surface area contributed by atoms with Crippen LogP contribution >= 0.6 is 11.1 Å². The first-order chi connectivity index (χ1) is 5.70. The first-order valence-electron chi connectivity index (χ1n) is 3.93. The molecule has 0 amide bonds. The number of halogens is 1. The Morgan fingerprint density at radius 2 is 2.00 bits per heavy atom. The molecule has 0 aliphatic rings. The number of benzene rings is 1. The minimum atomic E-state index is -0.757. The summed E-state index contributed by atoms with van der Waals surface area (Å²) in [6, 6.07) is 8.30. The van der Waals surface area contributed by atoms with Crippen LogP contribution in [0.3, 0.4) is 0 Å². The van der Waals surface area contributed by atoms with Crippen molar-refractivity contribution in [2.24, 2.45) is 0 Å². The maximum Gasteiger partial charge on any atom is 0.188 e. The minimum absolute atomic E-state index is 0.757. The fraction of sp³-hybridized carbons (Fsp3) is 0.200. The molecule has 0 aliphatic carbocycles. The number of aryl methyl sites for hydroxylation is 1. The number of hydrogen-bond acceptors (Lipinski definition) is 0. The van der Waals surface area contributed by atoms with E-state index < -0.39 is 8.11 Å². The molecular formula is C10H12ClSi. The number of rotatable bonds is 2. The van der Waals surface area contributed by atoms with Gasteiger partial charge in [-0.1, -0.05) is 42.6 Å². The van der Waals surface area contributed by atoms with Gasteiger partial charge in [-0.2, -0.15) is 11.1 Å². The van der Waals surface area contributed by atoms with E-state index in [4.69, 9.17) is 11.1 Å². The fourth-order valence-corrected chi connectivity index (χ4v) is 1.58. The Labute approximate surface area is 80.2 Å². The molecule has 0 aromatic heterocycles. The first-order valence-corrected chi connectivity index (χ1v) is 7.02. The highest BCUT2D eigenvalue weighted by Gasteiger charge is 1.93. The third kappa shape index (κ3) is 2.84. The monoisotopic (exact) mass is 195 g/mol. The van der Waals surface area contributed by atoms with Crippen molar-refractivity contribution in [1.29, 1.82) is 0 Å². The topological polar surface area (TPSA) is 0 Å². The van der Waals surface area contributed by atoms with Gasteiger partial charge in [0.15, 0.2) is 8.11 Å². The molecule has 1 aromatic carbocycles. The second-order valence-electron chi connectivity index (χ2n) is 2.78. The van der Waals surface area contributed by atoms with Crippen LogP contribution in [0.25, 0.3) is 6.08 Å². The molecule has 0 unspecified atom stereocenters. The molecular weight excluding hydrogens is 184 g/mol. The van der Waals surface area contributed by atoms with E-state index in [1.165, 1.54) is 11.1 Å². The molecule has 1 rings (SSSR count). The molecule has 0 N–H and O–H groups in total. The summed E-state index contributed by atoms with van der Waals surface area (Å²) < 4.78 is 0. The molecule has 1 radical (unpaired) electrons. The van der Waals surface area contributed by atoms with Crippen LogP contribution < -0.4 is 0 Å². The third-order valence-electron chi connectivity index (χ3n) is 1.68. The number of hydrogen-bond donors (Lipinski definition) is 0. The van der Waals surface area contributed by atoms with Crippen LogP contribution in [0.4, 0.5) is 0 Å². The summed E-state index contributed by atoms with van der Waals surface area (Å²) in [6.45, 7) is 4.16. The lowest BCUT2D eigenvalue weighted by molar-refractivity contribution is 1.45. The summed E-state index contributed by atoms with van der Waals surface area (Å²) in [5.74, 6) is 0. The van der Waals surface area contributed by atoms with Crippen LogP contribution in [0.15, 0.2) is 30.0 Å². The molecule has 12 heavy (non-hydrogen) atoms. The lowest BCUT2D eigenvalue weighted by Gasteiger charge is -1.98. The fourth-order valence-electron chi connectivity index (χ4n) is 0.978. The maximum absolute atomic E-state index is 5.90. The molecule has 0 nitrogen and oxygen atoms in total. The molecule has 0 saturated carbocycles. The standard InChI is InChI=1S/C10H12ClSi/c1-9-5-3-4-6-10(9)7-8-12(2)11/h3-8H,1-2H3. The zero-order valence-corrected chi connectivity index (χ0v) is 9.10. The molecule has 0 bridgehead atoms. The highest BCUT2D eigenvalue weighted by molar-refractivity contribution is 7.09. The second-order valence-corrected chi connectivity index (χ2v) is 6.07. The molecule has 0 aliphatic heterocycles. The summed E-state index contributed by atoms with van der Waals surface area (Å²) in [5, 5.41) is 0. The summed E-state index contributed by atoms with van der Waals surface area (Å²) in [7, 11) is -0.757. The van der Waals surface area contributed by atoms with Crippen molar-refractivity contribution in [3.8, 4) is 0 Å². The smallest absolute Gasteiger partial charge is 0.164 e. The van der Waals surface area contributed by atoms with E-state index in [0.29, 0.717) is 0 Å². The van der Waals surface area contributed by atoms with Crippen molar-refractivity contribution in [2.75, 3.05) is 0 Å². The lowest BCUT2D eigenvalue weighted by Crippen LogP contribution is -1.88. The van der Waals surface area contributed by atoms with Crippen LogP contribution in [0.2, 0.25) is 6.55 Å². The van der Waals surface area contributed by atoms with Crippen LogP contribution in [-0.4, -0.2) is 8.11 Å². The molecule has 63 valence electrons. The first kappa shape index (κ1) is 9.55. The van der Waals surface area contributed by atoms with Crippen molar-refractivity contribution in [2.45, 2.75) is 13.5 Å². The van der Waals surface area contributed by atoms with Crippen LogP contribution in [0.5, 0.6) is 0 Å². The van der Waals surface area contributed by atoms with Gasteiger partial charge in [0.1, 0.15) is 0 Å². The van der Waals surface area contributed by atoms with Gasteiger partial charge in [0.05, 0.1) is 0 Å². The van der Waals surface area contributed by atoms with E-state index in [1.807, 2.05) is 12.1 Å². The molecule has 0 heterocycles. The zero-order chi connectivity index (χ0) is 8.97. The Morgan fingerprint density at radius 3 is 2.58 bits per heavy atom. The second kappa shape index (κ2) is 4.48. The Balaban J connectivity index is 2.82. The lowest BCUT2D eigenvalue weighted by atomic mass is 10.1. The van der Waals surface area contributed by atoms with Crippen LogP contribution in [0, 0.1) is 6.92 Å². The Kier molecular flexibility index (Phi) is 3.57. The highest BCUT2D eigenvalue weighted by atomic mass is 35.6. The summed E-state index contributed by atoms with van der Waals surface area (Å²) in [4.78, 5) is 0. The Bertz CT molecular complexity index is 279. The molecule has 1 aromatic rings. The van der Waals surface area contributed by atoms with Crippen LogP contribution in [-0.2, 0) is 0 Å². The minimum Gasteiger partial charge on any atom is -0.164 e.